The molecule has 0 atom stereocenters. The summed E-state index contributed by atoms with van der Waals surface area (Å²) >= 11 is 0. The monoisotopic (exact) mass is 254 g/mol. The van der Waals surface area contributed by atoms with E-state index in [2.05, 4.69) is 0 Å². The number of carboxylic acid groups (broad SMARTS) is 1. The molecule has 0 bridgehead atoms. The molecule has 1 N–H and O–H groups in total. The van der Waals surface area contributed by atoms with Gasteiger partial charge in [-0.3, -0.25) is 4.79 Å². The number of carbonyl (C=O) groups is 1. The largest absolute Gasteiger partial charge is 0.481 e. The Morgan fingerprint density at radius 1 is 1.29 bits per heavy atom. The summed E-state index contributed by atoms with van der Waals surface area (Å²) in [6, 6.07) is 6.84. The van der Waals surface area contributed by atoms with Gasteiger partial charge in [-0.15, -0.1) is 0 Å². The van der Waals surface area contributed by atoms with E-state index in [-0.39, 0.29) is 6.42 Å². The van der Waals surface area contributed by atoms with Gasteiger partial charge in [0.2, 0.25) is 0 Å². The molecule has 0 unspecified atom stereocenters. The lowest BCUT2D eigenvalue weighted by atomic mass is 10.1. The maximum Gasteiger partial charge on any atom is 0.307 e. The Morgan fingerprint density at radius 3 is 2.18 bits per heavy atom. The van der Waals surface area contributed by atoms with E-state index in [9.17, 15) is 13.2 Å². The van der Waals surface area contributed by atoms with E-state index in [0.29, 0.717) is 18.4 Å². The number of hydrogen-bond acceptors (Lipinski definition) is 3. The van der Waals surface area contributed by atoms with Crippen molar-refractivity contribution >= 4 is 15.8 Å². The molecule has 1 aromatic carbocycles. The fraction of sp³-hybridized carbons (Fsp3) is 0.417. The molecular weight excluding hydrogens is 240 g/mol. The first-order chi connectivity index (χ1) is 7.85. The van der Waals surface area contributed by atoms with E-state index in [1.54, 1.807) is 24.3 Å². The molecule has 0 amide bonds. The van der Waals surface area contributed by atoms with Crippen molar-refractivity contribution in [1.82, 2.24) is 0 Å². The zero-order chi connectivity index (χ0) is 12.7. The lowest BCUT2D eigenvalue weighted by Crippen LogP contribution is -2.19. The second kappa shape index (κ2) is 3.84. The molecule has 5 heteroatoms. The summed E-state index contributed by atoms with van der Waals surface area (Å²) in [5.41, 5.74) is 1.46. The molecule has 0 saturated heterocycles. The second-order valence-electron chi connectivity index (χ2n) is 4.53. The molecule has 1 fully saturated rings. The van der Waals surface area contributed by atoms with Crippen molar-refractivity contribution < 1.29 is 18.3 Å². The maximum atomic E-state index is 11.7. The lowest BCUT2D eigenvalue weighted by molar-refractivity contribution is -0.136. The highest BCUT2D eigenvalue weighted by Gasteiger charge is 2.53. The van der Waals surface area contributed by atoms with Gasteiger partial charge in [-0.1, -0.05) is 24.3 Å². The number of carboxylic acids is 1. The SMILES string of the molecule is CS(=O)(=O)C1(c2ccc(CC(=O)O)cc2)CC1. The van der Waals surface area contributed by atoms with Crippen LogP contribution in [-0.4, -0.2) is 25.7 Å². The molecule has 0 spiro atoms. The average molecular weight is 254 g/mol. The molecule has 4 nitrogen and oxygen atoms in total. The number of rotatable bonds is 4. The maximum absolute atomic E-state index is 11.7. The third-order valence-electron chi connectivity index (χ3n) is 3.25. The fourth-order valence-electron chi connectivity index (χ4n) is 2.09. The summed E-state index contributed by atoms with van der Waals surface area (Å²) in [6.45, 7) is 0. The highest BCUT2D eigenvalue weighted by molar-refractivity contribution is 7.92. The van der Waals surface area contributed by atoms with Gasteiger partial charge in [0.25, 0.3) is 0 Å². The van der Waals surface area contributed by atoms with E-state index < -0.39 is 20.6 Å². The average Bonchev–Trinajstić information content (AvgIpc) is 2.97. The van der Waals surface area contributed by atoms with Gasteiger partial charge in [-0.2, -0.15) is 0 Å². The van der Waals surface area contributed by atoms with E-state index >= 15 is 0 Å². The molecule has 17 heavy (non-hydrogen) atoms. The summed E-state index contributed by atoms with van der Waals surface area (Å²) < 4.78 is 22.7. The van der Waals surface area contributed by atoms with Gasteiger partial charge in [-0.25, -0.2) is 8.42 Å². The lowest BCUT2D eigenvalue weighted by Gasteiger charge is -2.13. The van der Waals surface area contributed by atoms with E-state index in [4.69, 9.17) is 5.11 Å². The van der Waals surface area contributed by atoms with Gasteiger partial charge in [0.1, 0.15) is 0 Å². The van der Waals surface area contributed by atoms with Crippen LogP contribution in [0.15, 0.2) is 24.3 Å². The number of hydrogen-bond donors (Lipinski definition) is 1. The first-order valence-electron chi connectivity index (χ1n) is 5.36. The van der Waals surface area contributed by atoms with Gasteiger partial charge in [0, 0.05) is 6.26 Å². The molecule has 0 heterocycles. The molecular formula is C12H14O4S. The van der Waals surface area contributed by atoms with Gasteiger partial charge in [0.05, 0.1) is 11.2 Å². The topological polar surface area (TPSA) is 71.4 Å². The number of aliphatic carboxylic acids is 1. The smallest absolute Gasteiger partial charge is 0.307 e. The Morgan fingerprint density at radius 2 is 1.82 bits per heavy atom. The van der Waals surface area contributed by atoms with Gasteiger partial charge >= 0.3 is 5.97 Å². The number of benzene rings is 1. The molecule has 0 aromatic heterocycles. The van der Waals surface area contributed by atoms with E-state index in [1.165, 1.54) is 6.26 Å². The van der Waals surface area contributed by atoms with Crippen LogP contribution >= 0.6 is 0 Å². The molecule has 2 rings (SSSR count). The molecule has 1 saturated carbocycles. The number of sulfone groups is 1. The van der Waals surface area contributed by atoms with E-state index in [1.807, 2.05) is 0 Å². The van der Waals surface area contributed by atoms with Gasteiger partial charge in [0.15, 0.2) is 9.84 Å². The van der Waals surface area contributed by atoms with Gasteiger partial charge < -0.3 is 5.11 Å². The minimum absolute atomic E-state index is 0.0356. The normalized spacial score (nSPS) is 17.7. The van der Waals surface area contributed by atoms with Crippen molar-refractivity contribution in [2.45, 2.75) is 24.0 Å². The molecule has 1 aromatic rings. The molecule has 0 aliphatic heterocycles. The quantitative estimate of drug-likeness (QED) is 0.880. The van der Waals surface area contributed by atoms with Crippen LogP contribution in [0, 0.1) is 0 Å². The highest BCUT2D eigenvalue weighted by Crippen LogP contribution is 2.52. The van der Waals surface area contributed by atoms with Crippen LogP contribution in [0.4, 0.5) is 0 Å². The van der Waals surface area contributed by atoms with Crippen LogP contribution < -0.4 is 0 Å². The van der Waals surface area contributed by atoms with Crippen LogP contribution in [-0.2, 0) is 25.8 Å². The van der Waals surface area contributed by atoms with Gasteiger partial charge in [-0.05, 0) is 24.0 Å². The standard InChI is InChI=1S/C12H14O4S/c1-17(15,16)12(6-7-12)10-4-2-9(3-5-10)8-11(13)14/h2-5H,6-8H2,1H3,(H,13,14). The Labute approximate surface area is 100 Å². The Balaban J connectivity index is 2.28. The predicted molar refractivity (Wildman–Crippen MR) is 63.5 cm³/mol. The molecule has 1 aliphatic rings. The zero-order valence-corrected chi connectivity index (χ0v) is 10.3. The van der Waals surface area contributed by atoms with Crippen LogP contribution in [0.3, 0.4) is 0 Å². The highest BCUT2D eigenvalue weighted by atomic mass is 32.2. The first-order valence-corrected chi connectivity index (χ1v) is 7.25. The van der Waals surface area contributed by atoms with Crippen LogP contribution in [0.5, 0.6) is 0 Å². The van der Waals surface area contributed by atoms with E-state index in [0.717, 1.165) is 5.56 Å². The minimum atomic E-state index is -3.10. The van der Waals surface area contributed by atoms with Crippen molar-refractivity contribution in [2.24, 2.45) is 0 Å². The fourth-order valence-corrected chi connectivity index (χ4v) is 3.50. The Hall–Kier alpha value is -1.36. The van der Waals surface area contributed by atoms with Crippen molar-refractivity contribution in [3.8, 4) is 0 Å². The molecule has 0 radical (unpaired) electrons. The molecule has 92 valence electrons. The van der Waals surface area contributed by atoms with Crippen molar-refractivity contribution in [3.63, 3.8) is 0 Å². The third kappa shape index (κ3) is 2.20. The zero-order valence-electron chi connectivity index (χ0n) is 9.51. The molecule has 1 aliphatic carbocycles. The summed E-state index contributed by atoms with van der Waals surface area (Å²) in [6.07, 6.45) is 2.53. The van der Waals surface area contributed by atoms with Crippen molar-refractivity contribution in [2.75, 3.05) is 6.26 Å². The summed E-state index contributed by atoms with van der Waals surface area (Å²) in [4.78, 5) is 10.5. The van der Waals surface area contributed by atoms with Crippen molar-refractivity contribution in [3.05, 3.63) is 35.4 Å². The van der Waals surface area contributed by atoms with Crippen LogP contribution in [0.2, 0.25) is 0 Å². The summed E-state index contributed by atoms with van der Waals surface area (Å²) in [5.74, 6) is -0.887. The third-order valence-corrected chi connectivity index (χ3v) is 5.31. The van der Waals surface area contributed by atoms with Crippen LogP contribution in [0.25, 0.3) is 0 Å². The summed E-state index contributed by atoms with van der Waals surface area (Å²) in [5, 5.41) is 8.64. The Bertz CT molecular complexity index is 538. The first kappa shape index (κ1) is 12.1. The van der Waals surface area contributed by atoms with Crippen molar-refractivity contribution in [1.29, 1.82) is 0 Å². The van der Waals surface area contributed by atoms with Crippen LogP contribution in [0.1, 0.15) is 24.0 Å². The second-order valence-corrected chi connectivity index (χ2v) is 6.86. The Kier molecular flexibility index (Phi) is 2.73. The predicted octanol–water partition coefficient (Wildman–Crippen LogP) is 1.35. The summed E-state index contributed by atoms with van der Waals surface area (Å²) in [7, 11) is -3.10. The minimum Gasteiger partial charge on any atom is -0.481 e.